The number of hydrogen-bond acceptors (Lipinski definition) is 6. The lowest BCUT2D eigenvalue weighted by atomic mass is 9.95. The zero-order valence-corrected chi connectivity index (χ0v) is 17.2. The highest BCUT2D eigenvalue weighted by Gasteiger charge is 2.30. The first-order chi connectivity index (χ1) is 13.0. The molecule has 0 aromatic carbocycles. The number of methoxy groups -OCH3 is 1. The summed E-state index contributed by atoms with van der Waals surface area (Å²) < 4.78 is 8.30. The molecule has 1 aliphatic heterocycles. The van der Waals surface area contributed by atoms with E-state index in [1.54, 1.807) is 11.7 Å². The molecule has 2 aromatic rings. The van der Waals surface area contributed by atoms with Crippen LogP contribution < -0.4 is 5.69 Å². The molecule has 3 rings (SSSR count). The van der Waals surface area contributed by atoms with Crippen molar-refractivity contribution >= 4 is 17.2 Å². The third kappa shape index (κ3) is 3.98. The van der Waals surface area contributed by atoms with E-state index in [-0.39, 0.29) is 17.5 Å². The van der Waals surface area contributed by atoms with Gasteiger partial charge in [0.1, 0.15) is 10.7 Å². The van der Waals surface area contributed by atoms with Crippen LogP contribution in [-0.4, -0.2) is 56.9 Å². The maximum absolute atomic E-state index is 12.8. The van der Waals surface area contributed by atoms with Crippen molar-refractivity contribution < 1.29 is 9.53 Å². The first-order valence-corrected chi connectivity index (χ1v) is 10.2. The number of hydrogen-bond donors (Lipinski definition) is 0. The summed E-state index contributed by atoms with van der Waals surface area (Å²) in [4.78, 5) is 32.3. The lowest BCUT2D eigenvalue weighted by Crippen LogP contribution is -2.38. The minimum absolute atomic E-state index is 0.0649. The Morgan fingerprint density at radius 2 is 2.00 bits per heavy atom. The van der Waals surface area contributed by atoms with Crippen molar-refractivity contribution in [3.05, 3.63) is 31.9 Å². The number of aromatic nitrogens is 4. The molecule has 1 fully saturated rings. The molecule has 0 bridgehead atoms. The normalized spacial score (nSPS) is 15.5. The monoisotopic (exact) mass is 393 g/mol. The van der Waals surface area contributed by atoms with Crippen LogP contribution in [-0.2, 0) is 17.8 Å². The molecular formula is C18H27N5O3S. The van der Waals surface area contributed by atoms with Crippen LogP contribution in [0.3, 0.4) is 0 Å². The van der Waals surface area contributed by atoms with Gasteiger partial charge in [0.2, 0.25) is 0 Å². The summed E-state index contributed by atoms with van der Waals surface area (Å²) in [6, 6.07) is 0. The van der Waals surface area contributed by atoms with Gasteiger partial charge in [-0.25, -0.2) is 14.5 Å². The molecular weight excluding hydrogens is 366 g/mol. The highest BCUT2D eigenvalue weighted by Crippen LogP contribution is 2.28. The maximum Gasteiger partial charge on any atom is 0.345 e. The first kappa shape index (κ1) is 19.8. The molecule has 9 heteroatoms. The third-order valence-electron chi connectivity index (χ3n) is 5.02. The fourth-order valence-electron chi connectivity index (χ4n) is 3.59. The van der Waals surface area contributed by atoms with E-state index in [4.69, 9.17) is 4.74 Å². The molecule has 0 spiro atoms. The quantitative estimate of drug-likeness (QED) is 0.747. The molecule has 3 heterocycles. The molecule has 0 radical (unpaired) electrons. The van der Waals surface area contributed by atoms with E-state index in [9.17, 15) is 9.59 Å². The van der Waals surface area contributed by atoms with Crippen LogP contribution in [0.4, 0.5) is 0 Å². The standard InChI is InChI=1S/C18H27N5O3S/c1-5-22-16(20-23(18(22)25)10-11-26-4)14-6-8-21(9-7-14)17(24)15-12(2)19-13(3)27-15/h14H,5-11H2,1-4H3. The first-order valence-electron chi connectivity index (χ1n) is 9.36. The Hall–Kier alpha value is -2.00. The van der Waals surface area contributed by atoms with Gasteiger partial charge in [-0.1, -0.05) is 0 Å². The predicted molar refractivity (Wildman–Crippen MR) is 104 cm³/mol. The Balaban J connectivity index is 1.71. The van der Waals surface area contributed by atoms with Crippen LogP contribution in [0.25, 0.3) is 0 Å². The van der Waals surface area contributed by atoms with Gasteiger partial charge in [-0.2, -0.15) is 5.10 Å². The van der Waals surface area contributed by atoms with Crippen molar-refractivity contribution in [2.75, 3.05) is 26.8 Å². The van der Waals surface area contributed by atoms with Crippen LogP contribution in [0, 0.1) is 13.8 Å². The SMILES string of the molecule is CCn1c(C2CCN(C(=O)c3sc(C)nc3C)CC2)nn(CCOC)c1=O. The summed E-state index contributed by atoms with van der Waals surface area (Å²) in [5.74, 6) is 1.08. The van der Waals surface area contributed by atoms with Crippen LogP contribution >= 0.6 is 11.3 Å². The number of aryl methyl sites for hydroxylation is 2. The van der Waals surface area contributed by atoms with Gasteiger partial charge < -0.3 is 9.64 Å². The van der Waals surface area contributed by atoms with Gasteiger partial charge in [0.15, 0.2) is 0 Å². The molecule has 1 amide bonds. The molecule has 0 unspecified atom stereocenters. The number of rotatable bonds is 6. The Kier molecular flexibility index (Phi) is 6.11. The average Bonchev–Trinajstić information content (AvgIpc) is 3.17. The molecule has 8 nitrogen and oxygen atoms in total. The topological polar surface area (TPSA) is 82.2 Å². The van der Waals surface area contributed by atoms with Gasteiger partial charge in [-0.15, -0.1) is 11.3 Å². The van der Waals surface area contributed by atoms with E-state index in [1.165, 1.54) is 16.0 Å². The zero-order chi connectivity index (χ0) is 19.6. The van der Waals surface area contributed by atoms with E-state index in [2.05, 4.69) is 10.1 Å². The minimum Gasteiger partial charge on any atom is -0.383 e. The summed E-state index contributed by atoms with van der Waals surface area (Å²) in [5.41, 5.74) is 0.722. The van der Waals surface area contributed by atoms with Gasteiger partial charge >= 0.3 is 5.69 Å². The lowest BCUT2D eigenvalue weighted by Gasteiger charge is -2.31. The fraction of sp³-hybridized carbons (Fsp3) is 0.667. The molecule has 1 saturated heterocycles. The van der Waals surface area contributed by atoms with Gasteiger partial charge in [-0.3, -0.25) is 9.36 Å². The predicted octanol–water partition coefficient (Wildman–Crippen LogP) is 1.80. The largest absolute Gasteiger partial charge is 0.383 e. The Morgan fingerprint density at radius 3 is 2.56 bits per heavy atom. The number of carbonyl (C=O) groups excluding carboxylic acids is 1. The number of carbonyl (C=O) groups is 1. The van der Waals surface area contributed by atoms with Gasteiger partial charge in [0, 0.05) is 32.7 Å². The molecule has 148 valence electrons. The van der Waals surface area contributed by atoms with E-state index in [0.717, 1.165) is 34.2 Å². The average molecular weight is 394 g/mol. The third-order valence-corrected chi connectivity index (χ3v) is 6.08. The summed E-state index contributed by atoms with van der Waals surface area (Å²) in [5, 5.41) is 5.48. The Bertz CT molecular complexity index is 861. The summed E-state index contributed by atoms with van der Waals surface area (Å²) in [6.07, 6.45) is 1.62. The van der Waals surface area contributed by atoms with Gasteiger partial charge in [-0.05, 0) is 33.6 Å². The highest BCUT2D eigenvalue weighted by molar-refractivity contribution is 7.13. The van der Waals surface area contributed by atoms with Crippen molar-refractivity contribution in [3.63, 3.8) is 0 Å². The van der Waals surface area contributed by atoms with Crippen molar-refractivity contribution in [1.29, 1.82) is 0 Å². The van der Waals surface area contributed by atoms with Crippen molar-refractivity contribution in [2.24, 2.45) is 0 Å². The number of amides is 1. The number of likely N-dealkylation sites (tertiary alicyclic amines) is 1. The molecule has 27 heavy (non-hydrogen) atoms. The second kappa shape index (κ2) is 8.35. The summed E-state index contributed by atoms with van der Waals surface area (Å²) >= 11 is 1.46. The molecule has 0 saturated carbocycles. The molecule has 0 aliphatic carbocycles. The zero-order valence-electron chi connectivity index (χ0n) is 16.4. The summed E-state index contributed by atoms with van der Waals surface area (Å²) in [6.45, 7) is 8.61. The highest BCUT2D eigenvalue weighted by atomic mass is 32.1. The number of ether oxygens (including phenoxy) is 1. The van der Waals surface area contributed by atoms with Crippen LogP contribution in [0.2, 0.25) is 0 Å². The van der Waals surface area contributed by atoms with E-state index < -0.39 is 0 Å². The Morgan fingerprint density at radius 1 is 1.30 bits per heavy atom. The lowest BCUT2D eigenvalue weighted by molar-refractivity contribution is 0.0714. The van der Waals surface area contributed by atoms with Crippen molar-refractivity contribution in [1.82, 2.24) is 24.2 Å². The van der Waals surface area contributed by atoms with Gasteiger partial charge in [0.25, 0.3) is 5.91 Å². The Labute approximate surface area is 162 Å². The molecule has 2 aromatic heterocycles. The summed E-state index contributed by atoms with van der Waals surface area (Å²) in [7, 11) is 1.61. The maximum atomic E-state index is 12.8. The second-order valence-electron chi connectivity index (χ2n) is 6.81. The van der Waals surface area contributed by atoms with Crippen LogP contribution in [0.1, 0.15) is 51.9 Å². The molecule has 0 N–H and O–H groups in total. The fourth-order valence-corrected chi connectivity index (χ4v) is 4.48. The smallest absolute Gasteiger partial charge is 0.345 e. The second-order valence-corrected chi connectivity index (χ2v) is 8.02. The van der Waals surface area contributed by atoms with Crippen molar-refractivity contribution in [2.45, 2.75) is 52.6 Å². The van der Waals surface area contributed by atoms with E-state index >= 15 is 0 Å². The number of piperidine rings is 1. The van der Waals surface area contributed by atoms with Crippen LogP contribution in [0.5, 0.6) is 0 Å². The number of nitrogens with zero attached hydrogens (tertiary/aromatic N) is 5. The minimum atomic E-state index is -0.0844. The molecule has 1 aliphatic rings. The van der Waals surface area contributed by atoms with Crippen molar-refractivity contribution in [3.8, 4) is 0 Å². The number of thiazole rings is 1. The van der Waals surface area contributed by atoms with E-state index in [1.807, 2.05) is 25.7 Å². The van der Waals surface area contributed by atoms with Crippen LogP contribution in [0.15, 0.2) is 4.79 Å². The van der Waals surface area contributed by atoms with Gasteiger partial charge in [0.05, 0.1) is 23.9 Å². The molecule has 0 atom stereocenters. The van der Waals surface area contributed by atoms with E-state index in [0.29, 0.717) is 32.8 Å².